The molecule has 0 radical (unpaired) electrons. The van der Waals surface area contributed by atoms with Crippen LogP contribution >= 0.6 is 0 Å². The highest BCUT2D eigenvalue weighted by molar-refractivity contribution is 5.96. The quantitative estimate of drug-likeness (QED) is 0.190. The Balaban J connectivity index is 2.25. The maximum absolute atomic E-state index is 12.7. The molecule has 1 aromatic carbocycles. The van der Waals surface area contributed by atoms with Crippen molar-refractivity contribution in [3.63, 3.8) is 0 Å². The molecular weight excluding hydrogens is 410 g/mol. The molecular formula is C29H45NO3. The monoisotopic (exact) mass is 455 g/mol. The maximum atomic E-state index is 12.7. The second kappa shape index (κ2) is 14.9. The molecule has 0 saturated heterocycles. The summed E-state index contributed by atoms with van der Waals surface area (Å²) in [5, 5.41) is 1.03. The predicted octanol–water partition coefficient (Wildman–Crippen LogP) is 8.08. The number of hydrogen-bond acceptors (Lipinski definition) is 4. The van der Waals surface area contributed by atoms with Crippen molar-refractivity contribution in [2.45, 2.75) is 105 Å². The summed E-state index contributed by atoms with van der Waals surface area (Å²) in [5.74, 6) is 1.28. The van der Waals surface area contributed by atoms with E-state index in [0.717, 1.165) is 60.2 Å². The number of carbonyl (C=O) groups excluding carboxylic acids is 1. The number of unbranched alkanes of at least 4 members (excludes halogenated alkanes) is 5. The highest BCUT2D eigenvalue weighted by Gasteiger charge is 2.22. The Morgan fingerprint density at radius 3 is 2.39 bits per heavy atom. The first kappa shape index (κ1) is 27.1. The van der Waals surface area contributed by atoms with Crippen molar-refractivity contribution in [1.29, 1.82) is 0 Å². The summed E-state index contributed by atoms with van der Waals surface area (Å²) < 4.78 is 11.8. The van der Waals surface area contributed by atoms with Crippen LogP contribution in [0.5, 0.6) is 5.75 Å². The van der Waals surface area contributed by atoms with Crippen LogP contribution in [-0.4, -0.2) is 24.2 Å². The van der Waals surface area contributed by atoms with E-state index in [4.69, 9.17) is 14.5 Å². The Bertz CT molecular complexity index is 860. The number of ether oxygens (including phenoxy) is 2. The zero-order valence-electron chi connectivity index (χ0n) is 21.7. The summed E-state index contributed by atoms with van der Waals surface area (Å²) in [4.78, 5) is 17.5. The van der Waals surface area contributed by atoms with Crippen molar-refractivity contribution in [3.05, 3.63) is 35.0 Å². The number of benzene rings is 1. The minimum Gasteiger partial charge on any atom is -0.493 e. The third-order valence-electron chi connectivity index (χ3n) is 6.06. The Hall–Kier alpha value is -2.10. The first-order valence-corrected chi connectivity index (χ1v) is 13.3. The van der Waals surface area contributed by atoms with E-state index in [9.17, 15) is 4.79 Å². The molecule has 0 atom stereocenters. The van der Waals surface area contributed by atoms with Gasteiger partial charge < -0.3 is 9.47 Å². The van der Waals surface area contributed by atoms with Crippen LogP contribution < -0.4 is 4.74 Å². The van der Waals surface area contributed by atoms with Crippen molar-refractivity contribution < 1.29 is 14.3 Å². The summed E-state index contributed by atoms with van der Waals surface area (Å²) in [7, 11) is 0. The third-order valence-corrected chi connectivity index (χ3v) is 6.06. The van der Waals surface area contributed by atoms with Crippen LogP contribution in [0.2, 0.25) is 0 Å². The average Bonchev–Trinajstić information content (AvgIpc) is 2.80. The van der Waals surface area contributed by atoms with E-state index in [2.05, 4.69) is 39.8 Å². The van der Waals surface area contributed by atoms with Crippen molar-refractivity contribution in [2.24, 2.45) is 5.92 Å². The minimum atomic E-state index is -0.354. The van der Waals surface area contributed by atoms with Crippen molar-refractivity contribution in [2.75, 3.05) is 13.2 Å². The lowest BCUT2D eigenvalue weighted by molar-refractivity contribution is 0.0518. The van der Waals surface area contributed by atoms with Crippen molar-refractivity contribution >= 4 is 16.9 Å². The molecule has 0 unspecified atom stereocenters. The van der Waals surface area contributed by atoms with Crippen LogP contribution in [0.4, 0.5) is 0 Å². The SMILES string of the molecule is CCCCc1ccc2nc(C(=O)OCC)c(CCC)c(OCCCCCCCC(C)C)c2c1. The molecule has 33 heavy (non-hydrogen) atoms. The lowest BCUT2D eigenvalue weighted by Gasteiger charge is -2.18. The van der Waals surface area contributed by atoms with Crippen LogP contribution in [-0.2, 0) is 17.6 Å². The number of esters is 1. The molecule has 184 valence electrons. The smallest absolute Gasteiger partial charge is 0.357 e. The predicted molar refractivity (Wildman–Crippen MR) is 138 cm³/mol. The third kappa shape index (κ3) is 8.64. The van der Waals surface area contributed by atoms with Crippen molar-refractivity contribution in [3.8, 4) is 5.75 Å². The van der Waals surface area contributed by atoms with Gasteiger partial charge in [0, 0.05) is 10.9 Å². The van der Waals surface area contributed by atoms with E-state index in [1.54, 1.807) is 0 Å². The van der Waals surface area contributed by atoms with Gasteiger partial charge in [0.25, 0.3) is 0 Å². The van der Waals surface area contributed by atoms with Crippen LogP contribution in [0.25, 0.3) is 10.9 Å². The molecule has 0 aliphatic carbocycles. The molecule has 4 nitrogen and oxygen atoms in total. The maximum Gasteiger partial charge on any atom is 0.357 e. The van der Waals surface area contributed by atoms with Gasteiger partial charge in [-0.3, -0.25) is 0 Å². The second-order valence-corrected chi connectivity index (χ2v) is 9.49. The van der Waals surface area contributed by atoms with Gasteiger partial charge in [0.1, 0.15) is 5.75 Å². The lowest BCUT2D eigenvalue weighted by Crippen LogP contribution is -2.13. The fourth-order valence-corrected chi connectivity index (χ4v) is 4.23. The summed E-state index contributed by atoms with van der Waals surface area (Å²) in [5.41, 5.74) is 3.42. The van der Waals surface area contributed by atoms with Gasteiger partial charge in [-0.2, -0.15) is 0 Å². The van der Waals surface area contributed by atoms with Gasteiger partial charge in [0.2, 0.25) is 0 Å². The van der Waals surface area contributed by atoms with Gasteiger partial charge in [0.15, 0.2) is 5.69 Å². The molecule has 0 saturated carbocycles. The van der Waals surface area contributed by atoms with E-state index in [-0.39, 0.29) is 5.97 Å². The molecule has 4 heteroatoms. The van der Waals surface area contributed by atoms with Gasteiger partial charge >= 0.3 is 5.97 Å². The number of carbonyl (C=O) groups is 1. The fourth-order valence-electron chi connectivity index (χ4n) is 4.23. The molecule has 2 aromatic rings. The Labute approximate surface area is 201 Å². The number of fused-ring (bicyclic) bond motifs is 1. The normalized spacial score (nSPS) is 11.3. The number of nitrogens with zero attached hydrogens (tertiary/aromatic N) is 1. The molecule has 1 aromatic heterocycles. The molecule has 0 N–H and O–H groups in total. The van der Waals surface area contributed by atoms with Gasteiger partial charge in [0.05, 0.1) is 18.7 Å². The summed E-state index contributed by atoms with van der Waals surface area (Å²) in [6.45, 7) is 11.8. The number of aryl methyl sites for hydroxylation is 1. The molecule has 0 amide bonds. The van der Waals surface area contributed by atoms with Crippen LogP contribution in [0.15, 0.2) is 18.2 Å². The summed E-state index contributed by atoms with van der Waals surface area (Å²) >= 11 is 0. The molecule has 0 aliphatic rings. The highest BCUT2D eigenvalue weighted by Crippen LogP contribution is 2.34. The molecule has 0 bridgehead atoms. The van der Waals surface area contributed by atoms with Gasteiger partial charge in [-0.05, 0) is 56.2 Å². The number of aromatic nitrogens is 1. The molecule has 0 fully saturated rings. The van der Waals surface area contributed by atoms with E-state index in [1.165, 1.54) is 44.1 Å². The fraction of sp³-hybridized carbons (Fsp3) is 0.655. The van der Waals surface area contributed by atoms with E-state index < -0.39 is 0 Å². The number of rotatable bonds is 16. The number of hydrogen-bond donors (Lipinski definition) is 0. The van der Waals surface area contributed by atoms with Gasteiger partial charge in [-0.1, -0.05) is 78.7 Å². The number of pyridine rings is 1. The molecule has 2 rings (SSSR count). The molecule has 0 spiro atoms. The van der Waals surface area contributed by atoms with Crippen LogP contribution in [0.3, 0.4) is 0 Å². The van der Waals surface area contributed by atoms with Crippen molar-refractivity contribution in [1.82, 2.24) is 4.98 Å². The first-order chi connectivity index (χ1) is 16.0. The topological polar surface area (TPSA) is 48.4 Å². The Kier molecular flexibility index (Phi) is 12.3. The van der Waals surface area contributed by atoms with Gasteiger partial charge in [-0.25, -0.2) is 9.78 Å². The first-order valence-electron chi connectivity index (χ1n) is 13.3. The van der Waals surface area contributed by atoms with E-state index >= 15 is 0 Å². The summed E-state index contributed by atoms with van der Waals surface area (Å²) in [6, 6.07) is 6.37. The molecule has 1 heterocycles. The Morgan fingerprint density at radius 1 is 0.939 bits per heavy atom. The lowest BCUT2D eigenvalue weighted by atomic mass is 10.00. The van der Waals surface area contributed by atoms with E-state index in [1.807, 2.05) is 13.0 Å². The average molecular weight is 456 g/mol. The van der Waals surface area contributed by atoms with E-state index in [0.29, 0.717) is 18.9 Å². The minimum absolute atomic E-state index is 0.340. The zero-order valence-corrected chi connectivity index (χ0v) is 21.7. The second-order valence-electron chi connectivity index (χ2n) is 9.49. The van der Waals surface area contributed by atoms with Crippen LogP contribution in [0.1, 0.15) is 114 Å². The van der Waals surface area contributed by atoms with Crippen LogP contribution in [0, 0.1) is 5.92 Å². The molecule has 0 aliphatic heterocycles. The highest BCUT2D eigenvalue weighted by atomic mass is 16.5. The largest absolute Gasteiger partial charge is 0.493 e. The standard InChI is InChI=1S/C29H45NO3/c1-6-9-17-23-18-19-26-25(21-23)28(33-20-14-12-10-11-13-16-22(4)5)24(15-7-2)27(30-26)29(31)32-8-3/h18-19,21-22H,6-17,20H2,1-5H3. The van der Waals surface area contributed by atoms with Gasteiger partial charge in [-0.15, -0.1) is 0 Å². The summed E-state index contributed by atoms with van der Waals surface area (Å²) in [6.07, 6.45) is 12.4. The Morgan fingerprint density at radius 2 is 1.70 bits per heavy atom. The zero-order chi connectivity index (χ0) is 24.1.